The molecule has 0 radical (unpaired) electrons. The lowest BCUT2D eigenvalue weighted by Crippen LogP contribution is -2.57. The third-order valence-electron chi connectivity index (χ3n) is 3.99. The summed E-state index contributed by atoms with van der Waals surface area (Å²) in [4.78, 5) is 29.5. The van der Waals surface area contributed by atoms with Gasteiger partial charge in [0, 0.05) is 16.5 Å². The van der Waals surface area contributed by atoms with E-state index in [1.54, 1.807) is 21.9 Å². The Morgan fingerprint density at radius 3 is 2.70 bits per heavy atom. The smallest absolute Gasteiger partial charge is 0.257 e. The van der Waals surface area contributed by atoms with Crippen LogP contribution in [-0.4, -0.2) is 28.6 Å². The van der Waals surface area contributed by atoms with Crippen LogP contribution in [0.25, 0.3) is 0 Å². The molecular formula is C17H13ClN2O2S. The molecule has 0 spiro atoms. The van der Waals surface area contributed by atoms with Crippen LogP contribution >= 0.6 is 23.4 Å². The highest BCUT2D eigenvalue weighted by molar-refractivity contribution is 8.01. The van der Waals surface area contributed by atoms with Crippen molar-refractivity contribution in [2.24, 2.45) is 0 Å². The van der Waals surface area contributed by atoms with Crippen molar-refractivity contribution in [1.29, 1.82) is 0 Å². The van der Waals surface area contributed by atoms with Gasteiger partial charge in [0.2, 0.25) is 5.91 Å². The SMILES string of the molecule is O=C1C2Sc3ccc(Cl)cc3N2C(=O)CN1Cc1ccccc1. The van der Waals surface area contributed by atoms with Crippen LogP contribution in [0.15, 0.2) is 53.4 Å². The number of hydrogen-bond acceptors (Lipinski definition) is 3. The fourth-order valence-electron chi connectivity index (χ4n) is 2.91. The van der Waals surface area contributed by atoms with Crippen LogP contribution in [-0.2, 0) is 16.1 Å². The second kappa shape index (κ2) is 5.58. The molecule has 23 heavy (non-hydrogen) atoms. The first kappa shape index (κ1) is 14.6. The topological polar surface area (TPSA) is 40.6 Å². The summed E-state index contributed by atoms with van der Waals surface area (Å²) in [5.41, 5.74) is 1.76. The Bertz CT molecular complexity index is 796. The lowest BCUT2D eigenvalue weighted by atomic mass is 10.2. The second-order valence-corrected chi connectivity index (χ2v) is 7.08. The van der Waals surface area contributed by atoms with E-state index in [1.165, 1.54) is 11.8 Å². The van der Waals surface area contributed by atoms with Crippen molar-refractivity contribution in [3.8, 4) is 0 Å². The standard InChI is InChI=1S/C17H13ClN2O2S/c18-12-6-7-14-13(8-12)20-15(21)10-19(16(22)17(20)23-14)9-11-4-2-1-3-5-11/h1-8,17H,9-10H2. The molecule has 2 aromatic rings. The van der Waals surface area contributed by atoms with Crippen LogP contribution in [0.4, 0.5) is 5.69 Å². The summed E-state index contributed by atoms with van der Waals surface area (Å²) in [5.74, 6) is -0.107. The van der Waals surface area contributed by atoms with Gasteiger partial charge in [0.1, 0.15) is 6.54 Å². The molecule has 2 heterocycles. The maximum atomic E-state index is 12.8. The van der Waals surface area contributed by atoms with E-state index in [9.17, 15) is 9.59 Å². The Kier molecular flexibility index (Phi) is 3.54. The van der Waals surface area contributed by atoms with Gasteiger partial charge in [-0.2, -0.15) is 0 Å². The number of fused-ring (bicyclic) bond motifs is 3. The van der Waals surface area contributed by atoms with E-state index in [4.69, 9.17) is 11.6 Å². The highest BCUT2D eigenvalue weighted by Gasteiger charge is 2.45. The molecule has 1 fully saturated rings. The van der Waals surface area contributed by atoms with E-state index in [2.05, 4.69) is 0 Å². The number of hydrogen-bond donors (Lipinski definition) is 0. The normalized spacial score (nSPS) is 19.8. The third kappa shape index (κ3) is 2.50. The minimum absolute atomic E-state index is 0.0363. The Labute approximate surface area is 143 Å². The summed E-state index contributed by atoms with van der Waals surface area (Å²) in [6.07, 6.45) is 0. The summed E-state index contributed by atoms with van der Waals surface area (Å²) in [5, 5.41) is 0.0467. The van der Waals surface area contributed by atoms with Crippen LogP contribution in [0.1, 0.15) is 5.56 Å². The van der Waals surface area contributed by atoms with Crippen LogP contribution in [0.2, 0.25) is 5.02 Å². The Balaban J connectivity index is 1.62. The van der Waals surface area contributed by atoms with Crippen LogP contribution < -0.4 is 4.90 Å². The molecule has 0 saturated carbocycles. The van der Waals surface area contributed by atoms with E-state index in [-0.39, 0.29) is 18.4 Å². The van der Waals surface area contributed by atoms with Gasteiger partial charge in [0.25, 0.3) is 5.91 Å². The first-order valence-corrected chi connectivity index (χ1v) is 8.50. The molecule has 2 aromatic carbocycles. The number of halogens is 1. The van der Waals surface area contributed by atoms with Gasteiger partial charge >= 0.3 is 0 Å². The van der Waals surface area contributed by atoms with Crippen molar-refractivity contribution in [2.45, 2.75) is 16.8 Å². The Morgan fingerprint density at radius 1 is 1.13 bits per heavy atom. The molecule has 4 nitrogen and oxygen atoms in total. The summed E-state index contributed by atoms with van der Waals surface area (Å²) in [6, 6.07) is 15.1. The number of thioether (sulfide) groups is 1. The number of carbonyl (C=O) groups is 2. The second-order valence-electron chi connectivity index (χ2n) is 5.53. The van der Waals surface area contributed by atoms with Crippen LogP contribution in [0, 0.1) is 0 Å². The minimum atomic E-state index is -0.520. The van der Waals surface area contributed by atoms with Gasteiger partial charge in [-0.05, 0) is 23.8 Å². The molecule has 0 aromatic heterocycles. The van der Waals surface area contributed by atoms with Crippen molar-refractivity contribution >= 4 is 40.9 Å². The fourth-order valence-corrected chi connectivity index (χ4v) is 4.33. The molecule has 116 valence electrons. The zero-order valence-corrected chi connectivity index (χ0v) is 13.7. The minimum Gasteiger partial charge on any atom is -0.326 e. The molecular weight excluding hydrogens is 332 g/mol. The van der Waals surface area contributed by atoms with Crippen molar-refractivity contribution in [3.63, 3.8) is 0 Å². The zero-order chi connectivity index (χ0) is 16.0. The Hall–Kier alpha value is -1.98. The van der Waals surface area contributed by atoms with Gasteiger partial charge in [-0.25, -0.2) is 0 Å². The molecule has 2 aliphatic heterocycles. The molecule has 0 bridgehead atoms. The highest BCUT2D eigenvalue weighted by atomic mass is 35.5. The molecule has 2 amide bonds. The summed E-state index contributed by atoms with van der Waals surface area (Å²) >= 11 is 7.44. The van der Waals surface area contributed by atoms with E-state index in [1.807, 2.05) is 36.4 Å². The Morgan fingerprint density at radius 2 is 1.91 bits per heavy atom. The first-order valence-electron chi connectivity index (χ1n) is 7.24. The van der Waals surface area contributed by atoms with Crippen LogP contribution in [0.5, 0.6) is 0 Å². The number of piperazine rings is 1. The number of carbonyl (C=O) groups excluding carboxylic acids is 2. The van der Waals surface area contributed by atoms with E-state index in [0.29, 0.717) is 11.6 Å². The third-order valence-corrected chi connectivity index (χ3v) is 5.46. The molecule has 6 heteroatoms. The van der Waals surface area contributed by atoms with Gasteiger partial charge in [-0.15, -0.1) is 0 Å². The number of rotatable bonds is 2. The maximum Gasteiger partial charge on any atom is 0.257 e. The largest absolute Gasteiger partial charge is 0.326 e. The zero-order valence-electron chi connectivity index (χ0n) is 12.1. The van der Waals surface area contributed by atoms with E-state index >= 15 is 0 Å². The molecule has 2 aliphatic rings. The van der Waals surface area contributed by atoms with Gasteiger partial charge in [0.15, 0.2) is 5.37 Å². The average molecular weight is 345 g/mol. The highest BCUT2D eigenvalue weighted by Crippen LogP contribution is 2.46. The van der Waals surface area contributed by atoms with Gasteiger partial charge in [-0.3, -0.25) is 14.5 Å². The first-order chi connectivity index (χ1) is 11.1. The molecule has 1 atom stereocenters. The number of nitrogens with zero attached hydrogens (tertiary/aromatic N) is 2. The van der Waals surface area contributed by atoms with Crippen molar-refractivity contribution < 1.29 is 9.59 Å². The summed E-state index contributed by atoms with van der Waals surface area (Å²) in [6.45, 7) is 0.546. The van der Waals surface area contributed by atoms with Crippen molar-refractivity contribution in [2.75, 3.05) is 11.4 Å². The lowest BCUT2D eigenvalue weighted by Gasteiger charge is -2.36. The van der Waals surface area contributed by atoms with Crippen LogP contribution in [0.3, 0.4) is 0 Å². The lowest BCUT2D eigenvalue weighted by molar-refractivity contribution is -0.139. The predicted molar refractivity (Wildman–Crippen MR) is 90.4 cm³/mol. The van der Waals surface area contributed by atoms with Gasteiger partial charge in [0.05, 0.1) is 5.69 Å². The summed E-state index contributed by atoms with van der Waals surface area (Å²) < 4.78 is 0. The fraction of sp³-hybridized carbons (Fsp3) is 0.176. The molecule has 4 rings (SSSR count). The summed E-state index contributed by atoms with van der Waals surface area (Å²) in [7, 11) is 0. The predicted octanol–water partition coefficient (Wildman–Crippen LogP) is 3.15. The molecule has 0 N–H and O–H groups in total. The van der Waals surface area contributed by atoms with Crippen molar-refractivity contribution in [1.82, 2.24) is 4.90 Å². The average Bonchev–Trinajstić information content (AvgIpc) is 2.92. The van der Waals surface area contributed by atoms with Gasteiger partial charge < -0.3 is 4.90 Å². The van der Waals surface area contributed by atoms with Gasteiger partial charge in [-0.1, -0.05) is 53.7 Å². The molecule has 1 saturated heterocycles. The monoisotopic (exact) mass is 344 g/mol. The molecule has 0 aliphatic carbocycles. The quantitative estimate of drug-likeness (QED) is 0.840. The number of anilines is 1. The maximum absolute atomic E-state index is 12.8. The van der Waals surface area contributed by atoms with Crippen molar-refractivity contribution in [3.05, 3.63) is 59.1 Å². The molecule has 1 unspecified atom stereocenters. The number of benzene rings is 2. The number of amides is 2. The van der Waals surface area contributed by atoms with E-state index in [0.717, 1.165) is 16.1 Å². The van der Waals surface area contributed by atoms with E-state index < -0.39 is 5.37 Å².